The standard InChI is InChI=1S/C12H21NO6/c1-8(14)19-10(7-15-2)12(18-5)11(17-4)9(6-13)16-3/h9-12H,7H2,1-5H3/t9-,10-,11-,12-/m1/s1. The second-order valence-electron chi connectivity index (χ2n) is 3.79. The first-order valence-electron chi connectivity index (χ1n) is 5.69. The third kappa shape index (κ3) is 5.53. The molecule has 0 aliphatic carbocycles. The van der Waals surface area contributed by atoms with Crippen molar-refractivity contribution in [2.45, 2.75) is 31.3 Å². The van der Waals surface area contributed by atoms with E-state index in [1.165, 1.54) is 35.4 Å². The zero-order valence-electron chi connectivity index (χ0n) is 11.9. The highest BCUT2D eigenvalue weighted by Crippen LogP contribution is 2.16. The lowest BCUT2D eigenvalue weighted by Crippen LogP contribution is -2.50. The van der Waals surface area contributed by atoms with Crippen molar-refractivity contribution < 1.29 is 28.5 Å². The molecule has 0 aromatic rings. The predicted octanol–water partition coefficient (Wildman–Crippen LogP) is 0.133. The van der Waals surface area contributed by atoms with Crippen molar-refractivity contribution in [2.75, 3.05) is 35.0 Å². The smallest absolute Gasteiger partial charge is 0.303 e. The van der Waals surface area contributed by atoms with E-state index in [1.54, 1.807) is 0 Å². The van der Waals surface area contributed by atoms with Gasteiger partial charge in [0.15, 0.2) is 12.2 Å². The van der Waals surface area contributed by atoms with Crippen molar-refractivity contribution in [3.8, 4) is 6.07 Å². The fourth-order valence-corrected chi connectivity index (χ4v) is 1.76. The van der Waals surface area contributed by atoms with Crippen molar-refractivity contribution in [3.05, 3.63) is 0 Å². The first-order valence-corrected chi connectivity index (χ1v) is 5.69. The Hall–Kier alpha value is -1.20. The van der Waals surface area contributed by atoms with Gasteiger partial charge in [0.1, 0.15) is 12.2 Å². The quantitative estimate of drug-likeness (QED) is 0.553. The molecule has 0 amide bonds. The van der Waals surface area contributed by atoms with Gasteiger partial charge in [-0.2, -0.15) is 5.26 Å². The van der Waals surface area contributed by atoms with Crippen LogP contribution in [0.2, 0.25) is 0 Å². The third-order valence-electron chi connectivity index (χ3n) is 2.56. The van der Waals surface area contributed by atoms with Crippen LogP contribution in [0.3, 0.4) is 0 Å². The molecule has 0 aliphatic rings. The summed E-state index contributed by atoms with van der Waals surface area (Å²) in [5, 5.41) is 9.02. The van der Waals surface area contributed by atoms with Gasteiger partial charge in [0.2, 0.25) is 0 Å². The molecule has 0 spiro atoms. The minimum absolute atomic E-state index is 0.125. The second-order valence-corrected chi connectivity index (χ2v) is 3.79. The van der Waals surface area contributed by atoms with Crippen molar-refractivity contribution in [1.29, 1.82) is 5.26 Å². The maximum atomic E-state index is 11.1. The highest BCUT2D eigenvalue weighted by Gasteiger charge is 2.37. The predicted molar refractivity (Wildman–Crippen MR) is 65.4 cm³/mol. The molecule has 0 rings (SSSR count). The molecule has 7 heteroatoms. The first kappa shape index (κ1) is 17.8. The van der Waals surface area contributed by atoms with Gasteiger partial charge in [-0.15, -0.1) is 0 Å². The normalized spacial score (nSPS) is 17.1. The average Bonchev–Trinajstić information content (AvgIpc) is 2.38. The van der Waals surface area contributed by atoms with Gasteiger partial charge in [0, 0.05) is 35.4 Å². The Balaban J connectivity index is 5.07. The molecular weight excluding hydrogens is 254 g/mol. The number of carbonyl (C=O) groups is 1. The molecule has 0 radical (unpaired) electrons. The van der Waals surface area contributed by atoms with Crippen molar-refractivity contribution in [2.24, 2.45) is 0 Å². The van der Waals surface area contributed by atoms with Gasteiger partial charge in [-0.25, -0.2) is 0 Å². The van der Waals surface area contributed by atoms with Gasteiger partial charge in [-0.05, 0) is 0 Å². The van der Waals surface area contributed by atoms with Crippen LogP contribution in [0.1, 0.15) is 6.92 Å². The Bertz CT molecular complexity index is 303. The number of rotatable bonds is 9. The van der Waals surface area contributed by atoms with E-state index < -0.39 is 30.4 Å². The largest absolute Gasteiger partial charge is 0.457 e. The summed E-state index contributed by atoms with van der Waals surface area (Å²) in [6.07, 6.45) is -2.92. The molecule has 0 unspecified atom stereocenters. The second kappa shape index (κ2) is 9.69. The lowest BCUT2D eigenvalue weighted by atomic mass is 10.0. The zero-order chi connectivity index (χ0) is 14.8. The monoisotopic (exact) mass is 275 g/mol. The van der Waals surface area contributed by atoms with E-state index >= 15 is 0 Å². The summed E-state index contributed by atoms with van der Waals surface area (Å²) in [6, 6.07) is 1.96. The average molecular weight is 275 g/mol. The van der Waals surface area contributed by atoms with Gasteiger partial charge in [0.05, 0.1) is 12.7 Å². The van der Waals surface area contributed by atoms with E-state index in [9.17, 15) is 4.79 Å². The molecule has 0 N–H and O–H groups in total. The lowest BCUT2D eigenvalue weighted by Gasteiger charge is -2.32. The highest BCUT2D eigenvalue weighted by molar-refractivity contribution is 5.66. The van der Waals surface area contributed by atoms with Crippen molar-refractivity contribution in [3.63, 3.8) is 0 Å². The van der Waals surface area contributed by atoms with Crippen LogP contribution in [0, 0.1) is 11.3 Å². The molecule has 0 aromatic carbocycles. The molecule has 4 atom stereocenters. The van der Waals surface area contributed by atoms with Gasteiger partial charge in [-0.3, -0.25) is 4.79 Å². The van der Waals surface area contributed by atoms with Crippen LogP contribution in [0.15, 0.2) is 0 Å². The van der Waals surface area contributed by atoms with Gasteiger partial charge in [0.25, 0.3) is 0 Å². The lowest BCUT2D eigenvalue weighted by molar-refractivity contribution is -0.175. The summed E-state index contributed by atoms with van der Waals surface area (Å²) < 4.78 is 25.7. The van der Waals surface area contributed by atoms with Gasteiger partial charge < -0.3 is 23.7 Å². The van der Waals surface area contributed by atoms with Crippen LogP contribution in [-0.2, 0) is 28.5 Å². The molecular formula is C12H21NO6. The van der Waals surface area contributed by atoms with Crippen LogP contribution < -0.4 is 0 Å². The number of nitriles is 1. The maximum Gasteiger partial charge on any atom is 0.303 e. The van der Waals surface area contributed by atoms with Gasteiger partial charge in [-0.1, -0.05) is 0 Å². The van der Waals surface area contributed by atoms with E-state index in [0.717, 1.165) is 0 Å². The Morgan fingerprint density at radius 2 is 1.68 bits per heavy atom. The molecule has 0 aromatic heterocycles. The van der Waals surface area contributed by atoms with Crippen LogP contribution in [-0.4, -0.2) is 65.4 Å². The Kier molecular flexibility index (Phi) is 9.08. The summed E-state index contributed by atoms with van der Waals surface area (Å²) in [7, 11) is 5.73. The molecule has 0 fully saturated rings. The number of carbonyl (C=O) groups excluding carboxylic acids is 1. The summed E-state index contributed by atoms with van der Waals surface area (Å²) >= 11 is 0. The van der Waals surface area contributed by atoms with Crippen LogP contribution in [0.25, 0.3) is 0 Å². The molecule has 19 heavy (non-hydrogen) atoms. The Labute approximate surface area is 113 Å². The van der Waals surface area contributed by atoms with E-state index in [0.29, 0.717) is 0 Å². The molecule has 110 valence electrons. The van der Waals surface area contributed by atoms with Crippen molar-refractivity contribution in [1.82, 2.24) is 0 Å². The molecule has 0 bridgehead atoms. The fourth-order valence-electron chi connectivity index (χ4n) is 1.76. The number of nitrogens with zero attached hydrogens (tertiary/aromatic N) is 1. The summed E-state index contributed by atoms with van der Waals surface area (Å²) in [5.41, 5.74) is 0. The topological polar surface area (TPSA) is 87.0 Å². The van der Waals surface area contributed by atoms with E-state index in [2.05, 4.69) is 0 Å². The number of hydrogen-bond donors (Lipinski definition) is 0. The van der Waals surface area contributed by atoms with Gasteiger partial charge >= 0.3 is 5.97 Å². The number of esters is 1. The fraction of sp³-hybridized carbons (Fsp3) is 0.833. The number of hydrogen-bond acceptors (Lipinski definition) is 7. The maximum absolute atomic E-state index is 11.1. The number of ether oxygens (including phenoxy) is 5. The first-order chi connectivity index (χ1) is 9.05. The summed E-state index contributed by atoms with van der Waals surface area (Å²) in [6.45, 7) is 1.41. The Morgan fingerprint density at radius 1 is 1.11 bits per heavy atom. The SMILES string of the molecule is COC[C@@H](OC(C)=O)[C@@H](OC)[C@H](OC)[C@@H](C#N)OC. The van der Waals surface area contributed by atoms with Crippen LogP contribution in [0.5, 0.6) is 0 Å². The molecule has 0 saturated carbocycles. The Morgan fingerprint density at radius 3 is 2.00 bits per heavy atom. The summed E-state index contributed by atoms with van der Waals surface area (Å²) in [4.78, 5) is 11.1. The molecule has 0 saturated heterocycles. The van der Waals surface area contributed by atoms with Crippen LogP contribution >= 0.6 is 0 Å². The minimum Gasteiger partial charge on any atom is -0.457 e. The molecule has 0 aliphatic heterocycles. The molecule has 0 heterocycles. The zero-order valence-corrected chi connectivity index (χ0v) is 11.9. The molecule has 7 nitrogen and oxygen atoms in total. The van der Waals surface area contributed by atoms with E-state index in [1.807, 2.05) is 6.07 Å². The van der Waals surface area contributed by atoms with Crippen LogP contribution in [0.4, 0.5) is 0 Å². The highest BCUT2D eigenvalue weighted by atomic mass is 16.6. The third-order valence-corrected chi connectivity index (χ3v) is 2.56. The minimum atomic E-state index is -0.843. The van der Waals surface area contributed by atoms with Crippen molar-refractivity contribution >= 4 is 5.97 Å². The van der Waals surface area contributed by atoms with E-state index in [-0.39, 0.29) is 6.61 Å². The van der Waals surface area contributed by atoms with E-state index in [4.69, 9.17) is 28.9 Å². The number of methoxy groups -OCH3 is 4. The summed E-state index contributed by atoms with van der Waals surface area (Å²) in [5.74, 6) is -0.468.